The molecule has 38 heavy (non-hydrogen) atoms. The zero-order valence-corrected chi connectivity index (χ0v) is 24.0. The van der Waals surface area contributed by atoms with Gasteiger partial charge in [-0.3, -0.25) is 19.1 Å². The van der Waals surface area contributed by atoms with Gasteiger partial charge in [-0.05, 0) is 49.7 Å². The molecule has 1 aromatic heterocycles. The highest BCUT2D eigenvalue weighted by atomic mass is 32.2. The average molecular weight is 552 g/mol. The molecule has 2 saturated heterocycles. The number of nitriles is 1. The number of amides is 1. The number of hydrogen-bond acceptors (Lipinski definition) is 8. The lowest BCUT2D eigenvalue weighted by molar-refractivity contribution is -0.122. The van der Waals surface area contributed by atoms with Crippen molar-refractivity contribution >= 4 is 46.1 Å². The van der Waals surface area contributed by atoms with Gasteiger partial charge >= 0.3 is 0 Å². The molecule has 0 unspecified atom stereocenters. The molecular weight excluding hydrogens is 518 g/mol. The number of anilines is 1. The van der Waals surface area contributed by atoms with Crippen molar-refractivity contribution in [2.45, 2.75) is 39.8 Å². The average Bonchev–Trinajstić information content (AvgIpc) is 3.18. The number of thioether (sulfide) groups is 1. The third-order valence-electron chi connectivity index (χ3n) is 7.03. The van der Waals surface area contributed by atoms with E-state index in [1.165, 1.54) is 11.8 Å². The summed E-state index contributed by atoms with van der Waals surface area (Å²) in [7, 11) is 3.70. The van der Waals surface area contributed by atoms with Gasteiger partial charge in [0.2, 0.25) is 0 Å². The van der Waals surface area contributed by atoms with Crippen molar-refractivity contribution in [3.63, 3.8) is 0 Å². The molecule has 2 aliphatic rings. The fourth-order valence-corrected chi connectivity index (χ4v) is 5.94. The number of hydrogen-bond donors (Lipinski definition) is 0. The number of likely N-dealkylation sites (N-methyl/N-ethyl adjacent to an activating group) is 1. The van der Waals surface area contributed by atoms with Gasteiger partial charge in [-0.2, -0.15) is 5.26 Å². The lowest BCUT2D eigenvalue weighted by Gasteiger charge is -2.36. The highest BCUT2D eigenvalue weighted by Gasteiger charge is 2.33. The normalized spacial score (nSPS) is 17.4. The van der Waals surface area contributed by atoms with Gasteiger partial charge in [0.15, 0.2) is 0 Å². The summed E-state index contributed by atoms with van der Waals surface area (Å²) in [6.07, 6.45) is 3.57. The number of carbonyl (C=O) groups is 1. The molecule has 0 bridgehead atoms. The Labute approximate surface area is 233 Å². The predicted molar refractivity (Wildman–Crippen MR) is 156 cm³/mol. The number of carbonyl (C=O) groups excluding carboxylic acids is 1. The Balaban J connectivity index is 1.78. The summed E-state index contributed by atoms with van der Waals surface area (Å²) in [5.74, 6) is 1.36. The van der Waals surface area contributed by atoms with E-state index < -0.39 is 0 Å². The van der Waals surface area contributed by atoms with Crippen LogP contribution in [0.2, 0.25) is 0 Å². The highest BCUT2D eigenvalue weighted by molar-refractivity contribution is 8.26. The molecule has 0 atom stereocenters. The number of pyridine rings is 1. The largest absolute Gasteiger partial charge is 0.497 e. The molecule has 2 fully saturated rings. The van der Waals surface area contributed by atoms with Gasteiger partial charge in [0.05, 0.1) is 18.6 Å². The minimum absolute atomic E-state index is 0.124. The first-order chi connectivity index (χ1) is 18.3. The van der Waals surface area contributed by atoms with Crippen molar-refractivity contribution in [1.82, 2.24) is 14.4 Å². The Kier molecular flexibility index (Phi) is 8.92. The molecule has 2 aliphatic heterocycles. The summed E-state index contributed by atoms with van der Waals surface area (Å²) in [5, 5.41) is 9.89. The summed E-state index contributed by atoms with van der Waals surface area (Å²) >= 11 is 6.85. The summed E-state index contributed by atoms with van der Waals surface area (Å²) in [5.41, 5.74) is 2.14. The topological polar surface area (TPSA) is 81.8 Å². The van der Waals surface area contributed by atoms with Gasteiger partial charge in [0, 0.05) is 38.3 Å². The number of nitrogens with zero attached hydrogens (tertiary/aromatic N) is 5. The van der Waals surface area contributed by atoms with Crippen LogP contribution in [0.4, 0.5) is 5.82 Å². The molecule has 10 heteroatoms. The van der Waals surface area contributed by atoms with Crippen LogP contribution < -0.4 is 15.2 Å². The number of aromatic nitrogens is 1. The lowest BCUT2D eigenvalue weighted by atomic mass is 10.0. The molecule has 0 radical (unpaired) electrons. The molecule has 0 aliphatic carbocycles. The van der Waals surface area contributed by atoms with Crippen LogP contribution in [0.15, 0.2) is 34.0 Å². The quantitative estimate of drug-likeness (QED) is 0.360. The van der Waals surface area contributed by atoms with E-state index in [-0.39, 0.29) is 17.0 Å². The maximum atomic E-state index is 13.5. The van der Waals surface area contributed by atoms with E-state index in [1.807, 2.05) is 30.3 Å². The van der Waals surface area contributed by atoms with Crippen LogP contribution in [-0.2, 0) is 17.9 Å². The minimum atomic E-state index is -0.267. The predicted octanol–water partition coefficient (Wildman–Crippen LogP) is 3.99. The van der Waals surface area contributed by atoms with E-state index in [0.717, 1.165) is 61.7 Å². The van der Waals surface area contributed by atoms with E-state index in [9.17, 15) is 14.9 Å². The maximum Gasteiger partial charge on any atom is 0.270 e. The number of rotatable bonds is 8. The summed E-state index contributed by atoms with van der Waals surface area (Å²) in [6.45, 7) is 8.00. The van der Waals surface area contributed by atoms with E-state index in [4.69, 9.17) is 17.0 Å². The van der Waals surface area contributed by atoms with Gasteiger partial charge in [-0.25, -0.2) is 0 Å². The molecular formula is C28H33N5O3S2. The third-order valence-corrected chi connectivity index (χ3v) is 8.41. The van der Waals surface area contributed by atoms with Gasteiger partial charge < -0.3 is 14.5 Å². The Morgan fingerprint density at radius 2 is 1.84 bits per heavy atom. The van der Waals surface area contributed by atoms with Crippen LogP contribution in [0.5, 0.6) is 5.75 Å². The molecule has 3 heterocycles. The van der Waals surface area contributed by atoms with Gasteiger partial charge in [-0.15, -0.1) is 0 Å². The van der Waals surface area contributed by atoms with Crippen LogP contribution >= 0.6 is 24.0 Å². The lowest BCUT2D eigenvalue weighted by Crippen LogP contribution is -2.47. The molecule has 2 aromatic rings. The number of thiocarbonyl (C=S) groups is 1. The first-order valence-corrected chi connectivity index (χ1v) is 14.0. The minimum Gasteiger partial charge on any atom is -0.497 e. The standard InChI is InChI=1S/C28H33N5O3S2/c1-5-6-11-32-25(31-14-12-30(3)13-15-31)22(19(2)23(17-29)26(32)34)16-24-27(35)33(28(37)38-24)18-20-7-9-21(36-4)10-8-20/h7-10,16H,5-6,11-15,18H2,1-4H3/b24-16+. The molecule has 1 amide bonds. The second kappa shape index (κ2) is 12.2. The van der Waals surface area contributed by atoms with Crippen molar-refractivity contribution in [1.29, 1.82) is 5.26 Å². The second-order valence-electron chi connectivity index (χ2n) is 9.57. The number of methoxy groups -OCH3 is 1. The molecule has 200 valence electrons. The van der Waals surface area contributed by atoms with Crippen LogP contribution in [-0.4, -0.2) is 64.9 Å². The number of benzene rings is 1. The Morgan fingerprint density at radius 3 is 2.45 bits per heavy atom. The third kappa shape index (κ3) is 5.65. The summed E-state index contributed by atoms with van der Waals surface area (Å²) in [6, 6.07) is 9.68. The first kappa shape index (κ1) is 27.9. The van der Waals surface area contributed by atoms with Gasteiger partial charge in [0.1, 0.15) is 27.5 Å². The number of unbranched alkanes of at least 4 members (excludes halogenated alkanes) is 1. The monoisotopic (exact) mass is 551 g/mol. The van der Waals surface area contributed by atoms with Gasteiger partial charge in [0.25, 0.3) is 11.5 Å². The van der Waals surface area contributed by atoms with Gasteiger partial charge in [-0.1, -0.05) is 49.5 Å². The SMILES string of the molecule is CCCCn1c(N2CCN(C)CC2)c(/C=C2/SC(=S)N(Cc3ccc(OC)cc3)C2=O)c(C)c(C#N)c1=O. The Hall–Kier alpha value is -3.13. The Morgan fingerprint density at radius 1 is 1.16 bits per heavy atom. The molecule has 8 nitrogen and oxygen atoms in total. The van der Waals surface area contributed by atoms with E-state index in [1.54, 1.807) is 23.5 Å². The van der Waals surface area contributed by atoms with Crippen molar-refractivity contribution in [3.8, 4) is 11.8 Å². The molecule has 0 spiro atoms. The summed E-state index contributed by atoms with van der Waals surface area (Å²) < 4.78 is 7.45. The van der Waals surface area contributed by atoms with Crippen molar-refractivity contribution in [2.75, 3.05) is 45.2 Å². The van der Waals surface area contributed by atoms with E-state index in [2.05, 4.69) is 29.8 Å². The zero-order chi connectivity index (χ0) is 27.4. The van der Waals surface area contributed by atoms with Crippen molar-refractivity contribution < 1.29 is 9.53 Å². The number of piperazine rings is 1. The fraction of sp³-hybridized carbons (Fsp3) is 0.429. The smallest absolute Gasteiger partial charge is 0.270 e. The Bertz CT molecular complexity index is 1350. The highest BCUT2D eigenvalue weighted by Crippen LogP contribution is 2.37. The van der Waals surface area contributed by atoms with E-state index in [0.29, 0.717) is 27.9 Å². The van der Waals surface area contributed by atoms with Crippen LogP contribution in [0.3, 0.4) is 0 Å². The first-order valence-electron chi connectivity index (χ1n) is 12.8. The molecule has 4 rings (SSSR count). The van der Waals surface area contributed by atoms with Crippen LogP contribution in [0, 0.1) is 18.3 Å². The van der Waals surface area contributed by atoms with Crippen LogP contribution in [0.1, 0.15) is 42.0 Å². The summed E-state index contributed by atoms with van der Waals surface area (Å²) in [4.78, 5) is 33.5. The molecule has 0 saturated carbocycles. The molecule has 1 aromatic carbocycles. The second-order valence-corrected chi connectivity index (χ2v) is 11.2. The maximum absolute atomic E-state index is 13.5. The van der Waals surface area contributed by atoms with Crippen LogP contribution in [0.25, 0.3) is 6.08 Å². The fourth-order valence-electron chi connectivity index (χ4n) is 4.71. The zero-order valence-electron chi connectivity index (χ0n) is 22.3. The van der Waals surface area contributed by atoms with E-state index >= 15 is 0 Å². The number of ether oxygens (including phenoxy) is 1. The van der Waals surface area contributed by atoms with Crippen molar-refractivity contribution in [2.24, 2.45) is 0 Å². The molecule has 0 N–H and O–H groups in total. The van der Waals surface area contributed by atoms with Crippen molar-refractivity contribution in [3.05, 3.63) is 61.8 Å².